The molecule has 0 fully saturated rings. The summed E-state index contributed by atoms with van der Waals surface area (Å²) >= 11 is 5.93. The number of pyridine rings is 1. The molecule has 0 atom stereocenters. The number of carboxylic acid groups (broad SMARTS) is 1. The Morgan fingerprint density at radius 3 is 2.79 bits per heavy atom. The lowest BCUT2D eigenvalue weighted by molar-refractivity contribution is 0.0696. The highest BCUT2D eigenvalue weighted by Gasteiger charge is 2.04. The minimum atomic E-state index is -0.974. The normalized spacial score (nSPS) is 10.2. The topological polar surface area (TPSA) is 62.2 Å². The lowest BCUT2D eigenvalue weighted by atomic mass is 10.2. The van der Waals surface area contributed by atoms with Crippen LogP contribution in [0.2, 0.25) is 5.02 Å². The molecule has 1 heterocycles. The van der Waals surface area contributed by atoms with Crippen molar-refractivity contribution in [2.45, 2.75) is 13.5 Å². The number of aromatic carboxylic acids is 1. The van der Waals surface area contributed by atoms with Crippen molar-refractivity contribution in [3.8, 4) is 0 Å². The number of nitrogens with one attached hydrogen (secondary N) is 1. The van der Waals surface area contributed by atoms with Gasteiger partial charge in [-0.05, 0) is 36.8 Å². The quantitative estimate of drug-likeness (QED) is 0.899. The molecule has 0 aliphatic carbocycles. The molecule has 0 spiro atoms. The standard InChI is InChI=1S/C14H13ClN2O2/c1-9-2-4-11(15)6-13(9)17-8-12-5-3-10(7-16-12)14(18)19/h2-7,17H,8H2,1H3,(H,18,19). The van der Waals surface area contributed by atoms with E-state index in [1.807, 2.05) is 25.1 Å². The van der Waals surface area contributed by atoms with Gasteiger partial charge in [0.2, 0.25) is 0 Å². The maximum absolute atomic E-state index is 10.7. The molecule has 0 aliphatic heterocycles. The predicted octanol–water partition coefficient (Wildman–Crippen LogP) is 3.35. The van der Waals surface area contributed by atoms with Crippen LogP contribution in [-0.2, 0) is 6.54 Å². The second-order valence-corrected chi connectivity index (χ2v) is 4.59. The first-order valence-corrected chi connectivity index (χ1v) is 6.12. The Balaban J connectivity index is 2.06. The highest BCUT2D eigenvalue weighted by Crippen LogP contribution is 2.20. The third kappa shape index (κ3) is 3.45. The number of aromatic nitrogens is 1. The second kappa shape index (κ2) is 5.71. The molecule has 0 radical (unpaired) electrons. The molecule has 0 bridgehead atoms. The van der Waals surface area contributed by atoms with E-state index in [2.05, 4.69) is 10.3 Å². The molecule has 0 saturated heterocycles. The molecule has 1 aromatic carbocycles. The molecule has 2 N–H and O–H groups in total. The van der Waals surface area contributed by atoms with E-state index in [0.29, 0.717) is 11.6 Å². The van der Waals surface area contributed by atoms with E-state index >= 15 is 0 Å². The Morgan fingerprint density at radius 2 is 2.16 bits per heavy atom. The first-order chi connectivity index (χ1) is 9.06. The number of nitrogens with zero attached hydrogens (tertiary/aromatic N) is 1. The molecule has 4 nitrogen and oxygen atoms in total. The van der Waals surface area contributed by atoms with Crippen molar-refractivity contribution >= 4 is 23.3 Å². The van der Waals surface area contributed by atoms with Crippen molar-refractivity contribution in [3.63, 3.8) is 0 Å². The molecule has 98 valence electrons. The number of aryl methyl sites for hydroxylation is 1. The third-order valence-electron chi connectivity index (χ3n) is 2.73. The summed E-state index contributed by atoms with van der Waals surface area (Å²) in [5.41, 5.74) is 2.98. The third-order valence-corrected chi connectivity index (χ3v) is 2.97. The van der Waals surface area contributed by atoms with Gasteiger partial charge >= 0.3 is 5.97 Å². The van der Waals surface area contributed by atoms with Crippen molar-refractivity contribution in [1.29, 1.82) is 0 Å². The van der Waals surface area contributed by atoms with Gasteiger partial charge < -0.3 is 10.4 Å². The van der Waals surface area contributed by atoms with E-state index in [-0.39, 0.29) is 5.56 Å². The summed E-state index contributed by atoms with van der Waals surface area (Å²) in [5.74, 6) is -0.974. The fraction of sp³-hybridized carbons (Fsp3) is 0.143. The van der Waals surface area contributed by atoms with Crippen molar-refractivity contribution in [1.82, 2.24) is 4.98 Å². The van der Waals surface area contributed by atoms with Crippen LogP contribution in [0.5, 0.6) is 0 Å². The summed E-state index contributed by atoms with van der Waals surface area (Å²) in [7, 11) is 0. The van der Waals surface area contributed by atoms with Gasteiger partial charge in [0.15, 0.2) is 0 Å². The van der Waals surface area contributed by atoms with Crippen LogP contribution in [0, 0.1) is 6.92 Å². The van der Waals surface area contributed by atoms with Crippen LogP contribution >= 0.6 is 11.6 Å². The van der Waals surface area contributed by atoms with E-state index in [0.717, 1.165) is 16.9 Å². The maximum atomic E-state index is 10.7. The average Bonchev–Trinajstić information content (AvgIpc) is 2.40. The largest absolute Gasteiger partial charge is 0.478 e. The summed E-state index contributed by atoms with van der Waals surface area (Å²) in [6.07, 6.45) is 1.35. The zero-order chi connectivity index (χ0) is 13.8. The summed E-state index contributed by atoms with van der Waals surface area (Å²) in [4.78, 5) is 14.8. The van der Waals surface area contributed by atoms with Gasteiger partial charge in [0.1, 0.15) is 0 Å². The van der Waals surface area contributed by atoms with Gasteiger partial charge in [0.25, 0.3) is 0 Å². The SMILES string of the molecule is Cc1ccc(Cl)cc1NCc1ccc(C(=O)O)cn1. The molecular weight excluding hydrogens is 264 g/mol. The first kappa shape index (κ1) is 13.4. The van der Waals surface area contributed by atoms with E-state index in [4.69, 9.17) is 16.7 Å². The number of halogens is 1. The summed E-state index contributed by atoms with van der Waals surface area (Å²) in [5, 5.41) is 12.7. The van der Waals surface area contributed by atoms with Crippen molar-refractivity contribution in [2.24, 2.45) is 0 Å². The number of hydrogen-bond donors (Lipinski definition) is 2. The molecule has 0 unspecified atom stereocenters. The Morgan fingerprint density at radius 1 is 1.37 bits per heavy atom. The average molecular weight is 277 g/mol. The van der Waals surface area contributed by atoms with Crippen molar-refractivity contribution < 1.29 is 9.90 Å². The number of anilines is 1. The van der Waals surface area contributed by atoms with Gasteiger partial charge in [-0.2, -0.15) is 0 Å². The zero-order valence-corrected chi connectivity index (χ0v) is 11.1. The van der Waals surface area contributed by atoms with Gasteiger partial charge in [-0.3, -0.25) is 4.98 Å². The van der Waals surface area contributed by atoms with Crippen molar-refractivity contribution in [3.05, 3.63) is 58.4 Å². The molecule has 1 aromatic heterocycles. The molecule has 0 amide bonds. The van der Waals surface area contributed by atoms with Gasteiger partial charge in [0, 0.05) is 16.9 Å². The van der Waals surface area contributed by atoms with Crippen LogP contribution in [0.4, 0.5) is 5.69 Å². The molecule has 19 heavy (non-hydrogen) atoms. The number of carboxylic acids is 1. The Kier molecular flexibility index (Phi) is 4.02. The summed E-state index contributed by atoms with van der Waals surface area (Å²) < 4.78 is 0. The number of rotatable bonds is 4. The van der Waals surface area contributed by atoms with Crippen LogP contribution in [0.1, 0.15) is 21.6 Å². The van der Waals surface area contributed by atoms with Crippen LogP contribution in [-0.4, -0.2) is 16.1 Å². The van der Waals surface area contributed by atoms with Gasteiger partial charge in [-0.15, -0.1) is 0 Å². The van der Waals surface area contributed by atoms with Gasteiger partial charge in [-0.25, -0.2) is 4.79 Å². The second-order valence-electron chi connectivity index (χ2n) is 4.16. The maximum Gasteiger partial charge on any atom is 0.337 e. The monoisotopic (exact) mass is 276 g/mol. The fourth-order valence-electron chi connectivity index (χ4n) is 1.63. The highest BCUT2D eigenvalue weighted by atomic mass is 35.5. The highest BCUT2D eigenvalue weighted by molar-refractivity contribution is 6.30. The molecule has 0 saturated carbocycles. The van der Waals surface area contributed by atoms with Gasteiger partial charge in [-0.1, -0.05) is 17.7 Å². The van der Waals surface area contributed by atoms with Crippen LogP contribution in [0.15, 0.2) is 36.5 Å². The van der Waals surface area contributed by atoms with Crippen LogP contribution in [0.3, 0.4) is 0 Å². The molecule has 5 heteroatoms. The predicted molar refractivity (Wildman–Crippen MR) is 74.7 cm³/mol. The van der Waals surface area contributed by atoms with E-state index < -0.39 is 5.97 Å². The molecular formula is C14H13ClN2O2. The van der Waals surface area contributed by atoms with E-state index in [9.17, 15) is 4.79 Å². The lowest BCUT2D eigenvalue weighted by Gasteiger charge is -2.09. The summed E-state index contributed by atoms with van der Waals surface area (Å²) in [6, 6.07) is 8.85. The van der Waals surface area contributed by atoms with Crippen molar-refractivity contribution in [2.75, 3.05) is 5.32 Å². The smallest absolute Gasteiger partial charge is 0.337 e. The molecule has 2 rings (SSSR count). The number of hydrogen-bond acceptors (Lipinski definition) is 3. The number of carbonyl (C=O) groups is 1. The van der Waals surface area contributed by atoms with E-state index in [1.54, 1.807) is 6.07 Å². The Labute approximate surface area is 116 Å². The first-order valence-electron chi connectivity index (χ1n) is 5.74. The summed E-state index contributed by atoms with van der Waals surface area (Å²) in [6.45, 7) is 2.50. The zero-order valence-electron chi connectivity index (χ0n) is 10.4. The fourth-order valence-corrected chi connectivity index (χ4v) is 1.80. The lowest BCUT2D eigenvalue weighted by Crippen LogP contribution is -2.04. The van der Waals surface area contributed by atoms with Crippen LogP contribution < -0.4 is 5.32 Å². The minimum absolute atomic E-state index is 0.183. The van der Waals surface area contributed by atoms with E-state index in [1.165, 1.54) is 12.3 Å². The van der Waals surface area contributed by atoms with Crippen LogP contribution in [0.25, 0.3) is 0 Å². The molecule has 2 aromatic rings. The Bertz CT molecular complexity index is 597. The molecule has 0 aliphatic rings. The minimum Gasteiger partial charge on any atom is -0.478 e. The number of benzene rings is 1. The van der Waals surface area contributed by atoms with Gasteiger partial charge in [0.05, 0.1) is 17.8 Å². The Hall–Kier alpha value is -2.07.